The van der Waals surface area contributed by atoms with Crippen molar-refractivity contribution >= 4 is 5.69 Å². The summed E-state index contributed by atoms with van der Waals surface area (Å²) in [6, 6.07) is 7.60. The van der Waals surface area contributed by atoms with Crippen molar-refractivity contribution in [2.75, 3.05) is 0 Å². The molecule has 0 spiro atoms. The van der Waals surface area contributed by atoms with Crippen LogP contribution in [0.25, 0.3) is 0 Å². The molecule has 0 aliphatic rings. The van der Waals surface area contributed by atoms with Gasteiger partial charge < -0.3 is 0 Å². The van der Waals surface area contributed by atoms with Gasteiger partial charge in [0.15, 0.2) is 4.87 Å². The maximum atomic E-state index is 11.4. The van der Waals surface area contributed by atoms with Gasteiger partial charge >= 0.3 is 0 Å². The average Bonchev–Trinajstić information content (AvgIpc) is 2.04. The number of nitroso groups, excluding NO2 is 1. The predicted octanol–water partition coefficient (Wildman–Crippen LogP) is 2.32. The van der Waals surface area contributed by atoms with Gasteiger partial charge in [-0.3, -0.25) is 0 Å². The number of nitrogens with zero attached hydrogens (tertiary/aromatic N) is 1. The minimum Gasteiger partial charge on any atom is -0.144 e. The molecule has 0 heterocycles. The van der Waals surface area contributed by atoms with E-state index in [0.29, 0.717) is 5.69 Å². The lowest BCUT2D eigenvalue weighted by atomic mass is 10.2. The Kier molecular flexibility index (Phi) is 3.01. The van der Waals surface area contributed by atoms with Crippen molar-refractivity contribution in [3.8, 4) is 0 Å². The molecule has 70 valence electrons. The van der Waals surface area contributed by atoms with Crippen molar-refractivity contribution in [1.29, 1.82) is 0 Å². The van der Waals surface area contributed by atoms with E-state index in [1.807, 2.05) is 32.9 Å². The minimum absolute atomic E-state index is 0.152. The molecule has 1 aromatic rings. The fourth-order valence-corrected chi connectivity index (χ4v) is 0.989. The Labute approximate surface area is 78.3 Å². The molecule has 0 bridgehead atoms. The first-order valence-electron chi connectivity index (χ1n) is 4.39. The molecule has 0 amide bonds. The summed E-state index contributed by atoms with van der Waals surface area (Å²) < 4.78 is 0. The molecule has 0 saturated heterocycles. The minimum atomic E-state index is 0.152. The van der Waals surface area contributed by atoms with Crippen LogP contribution in [0.15, 0.2) is 24.3 Å². The third-order valence-electron chi connectivity index (χ3n) is 1.64. The van der Waals surface area contributed by atoms with Crippen molar-refractivity contribution in [2.45, 2.75) is 26.8 Å². The average molecular weight is 179 g/mol. The van der Waals surface area contributed by atoms with Crippen molar-refractivity contribution in [3.05, 3.63) is 34.7 Å². The highest BCUT2D eigenvalue weighted by Crippen LogP contribution is 2.10. The highest BCUT2D eigenvalue weighted by atomic mass is 16.3. The van der Waals surface area contributed by atoms with Gasteiger partial charge in [0, 0.05) is 12.1 Å². The van der Waals surface area contributed by atoms with E-state index in [-0.39, 0.29) is 6.04 Å². The molecule has 0 radical (unpaired) electrons. The highest BCUT2D eigenvalue weighted by molar-refractivity contribution is 5.31. The highest BCUT2D eigenvalue weighted by Gasteiger charge is 2.13. The molecule has 1 aromatic carbocycles. The molecular weight excluding hydrogens is 164 g/mol. The molecule has 0 aromatic heterocycles. The van der Waals surface area contributed by atoms with Gasteiger partial charge in [0.1, 0.15) is 0 Å². The summed E-state index contributed by atoms with van der Waals surface area (Å²) in [6.07, 6.45) is 0. The molecule has 13 heavy (non-hydrogen) atoms. The van der Waals surface area contributed by atoms with E-state index in [0.717, 1.165) is 10.4 Å². The van der Waals surface area contributed by atoms with Crippen LogP contribution in [0.2, 0.25) is 0 Å². The number of benzene rings is 1. The van der Waals surface area contributed by atoms with Crippen LogP contribution in [0.1, 0.15) is 19.4 Å². The molecule has 0 unspecified atom stereocenters. The second kappa shape index (κ2) is 4.03. The first kappa shape index (κ1) is 9.71. The molecule has 1 N–H and O–H groups in total. The number of hydrazine groups is 1. The Hall–Kier alpha value is -1.38. The lowest BCUT2D eigenvalue weighted by Crippen LogP contribution is -2.29. The molecule has 3 heteroatoms. The largest absolute Gasteiger partial charge is 0.291 e. The Morgan fingerprint density at radius 1 is 1.23 bits per heavy atom. The van der Waals surface area contributed by atoms with Gasteiger partial charge in [-0.25, -0.2) is 0 Å². The van der Waals surface area contributed by atoms with Crippen molar-refractivity contribution in [3.63, 3.8) is 0 Å². The number of aryl methyl sites for hydroxylation is 1. The Morgan fingerprint density at radius 3 is 2.23 bits per heavy atom. The van der Waals surface area contributed by atoms with E-state index < -0.39 is 0 Å². The molecule has 1 rings (SSSR count). The second-order valence-electron chi connectivity index (χ2n) is 3.41. The molecule has 0 saturated carbocycles. The van der Waals surface area contributed by atoms with Gasteiger partial charge in [-0.2, -0.15) is 0 Å². The van der Waals surface area contributed by atoms with Crippen LogP contribution in [0.3, 0.4) is 0 Å². The van der Waals surface area contributed by atoms with Crippen LogP contribution in [0, 0.1) is 11.8 Å². The zero-order valence-corrected chi connectivity index (χ0v) is 8.24. The fraction of sp³-hybridized carbons (Fsp3) is 0.400. The summed E-state index contributed by atoms with van der Waals surface area (Å²) in [6.45, 7) is 5.85. The molecule has 0 aliphatic carbocycles. The van der Waals surface area contributed by atoms with E-state index in [9.17, 15) is 4.91 Å². The van der Waals surface area contributed by atoms with E-state index >= 15 is 0 Å². The SMILES string of the molecule is Cc1ccc([N+](=O)NC(C)C)cc1. The van der Waals surface area contributed by atoms with Gasteiger partial charge in [0.05, 0.1) is 10.9 Å². The Bertz CT molecular complexity index is 290. The van der Waals surface area contributed by atoms with Crippen LogP contribution >= 0.6 is 0 Å². The van der Waals surface area contributed by atoms with Crippen molar-refractivity contribution < 1.29 is 4.87 Å². The lowest BCUT2D eigenvalue weighted by molar-refractivity contribution is -0.533. The van der Waals surface area contributed by atoms with Crippen molar-refractivity contribution in [2.24, 2.45) is 0 Å². The fourth-order valence-electron chi connectivity index (χ4n) is 0.989. The zero-order valence-electron chi connectivity index (χ0n) is 8.24. The smallest absolute Gasteiger partial charge is 0.144 e. The zero-order chi connectivity index (χ0) is 9.84. The topological polar surface area (TPSA) is 32.1 Å². The van der Waals surface area contributed by atoms with Gasteiger partial charge in [0.2, 0.25) is 0 Å². The number of hydrogen-bond donors (Lipinski definition) is 1. The first-order chi connectivity index (χ1) is 6.09. The lowest BCUT2D eigenvalue weighted by Gasteiger charge is -1.99. The quantitative estimate of drug-likeness (QED) is 0.570. The van der Waals surface area contributed by atoms with Crippen LogP contribution in [0.4, 0.5) is 5.69 Å². The first-order valence-corrected chi connectivity index (χ1v) is 4.39. The Balaban J connectivity index is 2.72. The van der Waals surface area contributed by atoms with E-state index in [2.05, 4.69) is 5.43 Å². The molecular formula is C10H15N2O+. The summed E-state index contributed by atoms with van der Waals surface area (Å²) in [4.78, 5) is 12.2. The van der Waals surface area contributed by atoms with Gasteiger partial charge in [-0.05, 0) is 20.8 Å². The summed E-state index contributed by atoms with van der Waals surface area (Å²) in [5.41, 5.74) is 4.55. The van der Waals surface area contributed by atoms with Gasteiger partial charge in [-0.1, -0.05) is 17.7 Å². The summed E-state index contributed by atoms with van der Waals surface area (Å²) >= 11 is 0. The third-order valence-corrected chi connectivity index (χ3v) is 1.64. The van der Waals surface area contributed by atoms with Crippen LogP contribution in [0.5, 0.6) is 0 Å². The molecule has 0 atom stereocenters. The number of rotatable bonds is 3. The number of hydrogen-bond acceptors (Lipinski definition) is 1. The van der Waals surface area contributed by atoms with E-state index in [4.69, 9.17) is 0 Å². The maximum absolute atomic E-state index is 11.4. The standard InChI is InChI=1S/C10H15N2O/c1-8(2)11-12(13)10-6-4-9(3)5-7-10/h4-8H,1-3H3,(H,11,13)/q+1. The van der Waals surface area contributed by atoms with E-state index in [1.165, 1.54) is 0 Å². The summed E-state index contributed by atoms with van der Waals surface area (Å²) in [7, 11) is 0. The molecule has 0 aliphatic heterocycles. The third kappa shape index (κ3) is 2.86. The second-order valence-corrected chi connectivity index (χ2v) is 3.41. The maximum Gasteiger partial charge on any atom is 0.291 e. The molecule has 3 nitrogen and oxygen atoms in total. The monoisotopic (exact) mass is 179 g/mol. The van der Waals surface area contributed by atoms with Gasteiger partial charge in [0.25, 0.3) is 5.69 Å². The van der Waals surface area contributed by atoms with Crippen molar-refractivity contribution in [1.82, 2.24) is 5.43 Å². The van der Waals surface area contributed by atoms with Crippen LogP contribution in [-0.2, 0) is 0 Å². The normalized spacial score (nSPS) is 10.2. The van der Waals surface area contributed by atoms with Gasteiger partial charge in [-0.15, -0.1) is 5.43 Å². The van der Waals surface area contributed by atoms with Crippen LogP contribution < -0.4 is 5.43 Å². The predicted molar refractivity (Wildman–Crippen MR) is 52.7 cm³/mol. The summed E-state index contributed by atoms with van der Waals surface area (Å²) in [5.74, 6) is 0. The number of nitrogens with one attached hydrogen (secondary N) is 1. The van der Waals surface area contributed by atoms with E-state index in [1.54, 1.807) is 12.1 Å². The summed E-state index contributed by atoms with van der Waals surface area (Å²) in [5, 5.41) is 0. The Morgan fingerprint density at radius 2 is 1.77 bits per heavy atom. The molecule has 0 fully saturated rings. The van der Waals surface area contributed by atoms with Crippen LogP contribution in [-0.4, -0.2) is 10.9 Å².